The van der Waals surface area contributed by atoms with Crippen molar-refractivity contribution in [2.24, 2.45) is 0 Å². The van der Waals surface area contributed by atoms with Crippen LogP contribution in [0.4, 0.5) is 0 Å². The molecule has 146 valence electrons. The lowest BCUT2D eigenvalue weighted by Gasteiger charge is -2.09. The number of amides is 1. The molecule has 0 saturated heterocycles. The van der Waals surface area contributed by atoms with Crippen LogP contribution in [0.15, 0.2) is 71.3 Å². The van der Waals surface area contributed by atoms with E-state index in [1.54, 1.807) is 36.4 Å². The molecule has 0 fully saturated rings. The molecule has 7 heteroatoms. The van der Waals surface area contributed by atoms with Gasteiger partial charge in [-0.2, -0.15) is 0 Å². The van der Waals surface area contributed by atoms with Crippen LogP contribution in [0.1, 0.15) is 26.7 Å². The van der Waals surface area contributed by atoms with Gasteiger partial charge in [0.25, 0.3) is 5.91 Å². The summed E-state index contributed by atoms with van der Waals surface area (Å²) < 4.78 is 6.99. The van der Waals surface area contributed by atoms with E-state index in [4.69, 9.17) is 16.0 Å². The second-order valence-electron chi connectivity index (χ2n) is 6.52. The molecule has 4 aromatic rings. The minimum absolute atomic E-state index is 0.0364. The number of Topliss-reactive ketones (excluding diaryl/α,β-unsaturated/α-hetero) is 1. The highest BCUT2D eigenvalue weighted by atomic mass is 35.5. The van der Waals surface area contributed by atoms with Crippen molar-refractivity contribution >= 4 is 34.3 Å². The van der Waals surface area contributed by atoms with E-state index in [9.17, 15) is 9.59 Å². The van der Waals surface area contributed by atoms with Crippen molar-refractivity contribution in [2.75, 3.05) is 6.54 Å². The molecule has 2 heterocycles. The lowest BCUT2D eigenvalue weighted by atomic mass is 10.1. The lowest BCUT2D eigenvalue weighted by molar-refractivity contribution is 0.0923. The molecule has 0 atom stereocenters. The van der Waals surface area contributed by atoms with Crippen molar-refractivity contribution in [2.45, 2.75) is 13.0 Å². The van der Waals surface area contributed by atoms with Crippen LogP contribution in [0.25, 0.3) is 11.0 Å². The number of halogens is 1. The van der Waals surface area contributed by atoms with Crippen molar-refractivity contribution < 1.29 is 14.0 Å². The zero-order valence-electron chi connectivity index (χ0n) is 15.5. The maximum absolute atomic E-state index is 12.8. The van der Waals surface area contributed by atoms with Gasteiger partial charge in [0.2, 0.25) is 0 Å². The molecule has 0 radical (unpaired) electrons. The Kier molecular flexibility index (Phi) is 5.44. The van der Waals surface area contributed by atoms with Crippen LogP contribution in [-0.2, 0) is 13.0 Å². The third-order valence-electron chi connectivity index (χ3n) is 4.58. The minimum Gasteiger partial charge on any atom is -0.459 e. The van der Waals surface area contributed by atoms with Gasteiger partial charge >= 0.3 is 0 Å². The third-order valence-corrected chi connectivity index (χ3v) is 4.83. The third kappa shape index (κ3) is 4.22. The molecule has 2 aromatic heterocycles. The van der Waals surface area contributed by atoms with Gasteiger partial charge < -0.3 is 14.3 Å². The average Bonchev–Trinajstić information content (AvgIpc) is 3.37. The second-order valence-corrected chi connectivity index (χ2v) is 6.95. The molecule has 2 aromatic carbocycles. The van der Waals surface area contributed by atoms with Gasteiger partial charge in [0.05, 0.1) is 23.8 Å². The molecule has 0 aliphatic carbocycles. The number of aromatic nitrogens is 2. The first-order valence-electron chi connectivity index (χ1n) is 9.16. The highest BCUT2D eigenvalue weighted by Crippen LogP contribution is 2.18. The fraction of sp³-hybridized carbons (Fsp3) is 0.136. The Balaban J connectivity index is 1.53. The SMILES string of the molecule is O=C(Cn1c(CCNC(=O)c2ccco2)nc2ccccc21)c1ccc(Cl)cc1. The quantitative estimate of drug-likeness (QED) is 0.467. The zero-order chi connectivity index (χ0) is 20.2. The molecule has 0 aliphatic heterocycles. The Morgan fingerprint density at radius 2 is 1.83 bits per heavy atom. The van der Waals surface area contributed by atoms with E-state index in [1.807, 2.05) is 28.8 Å². The summed E-state index contributed by atoms with van der Waals surface area (Å²) in [7, 11) is 0. The summed E-state index contributed by atoms with van der Waals surface area (Å²) in [6.07, 6.45) is 1.94. The van der Waals surface area contributed by atoms with E-state index in [0.29, 0.717) is 23.6 Å². The van der Waals surface area contributed by atoms with Crippen molar-refractivity contribution in [1.29, 1.82) is 0 Å². The number of furan rings is 1. The molecule has 0 saturated carbocycles. The van der Waals surface area contributed by atoms with E-state index in [2.05, 4.69) is 10.3 Å². The molecule has 0 bridgehead atoms. The summed E-state index contributed by atoms with van der Waals surface area (Å²) in [5.41, 5.74) is 2.27. The number of ketones is 1. The van der Waals surface area contributed by atoms with Crippen LogP contribution in [0.5, 0.6) is 0 Å². The van der Waals surface area contributed by atoms with Crippen LogP contribution < -0.4 is 5.32 Å². The van der Waals surface area contributed by atoms with Gasteiger partial charge in [0.1, 0.15) is 5.82 Å². The Bertz CT molecular complexity index is 1150. The molecule has 1 N–H and O–H groups in total. The second kappa shape index (κ2) is 8.32. The number of nitrogens with zero attached hydrogens (tertiary/aromatic N) is 2. The van der Waals surface area contributed by atoms with E-state index in [-0.39, 0.29) is 24.0 Å². The van der Waals surface area contributed by atoms with Crippen molar-refractivity contribution in [3.63, 3.8) is 0 Å². The van der Waals surface area contributed by atoms with Crippen LogP contribution in [-0.4, -0.2) is 27.8 Å². The first kappa shape index (κ1) is 19.0. The highest BCUT2D eigenvalue weighted by Gasteiger charge is 2.15. The van der Waals surface area contributed by atoms with Crippen LogP contribution in [0.3, 0.4) is 0 Å². The van der Waals surface area contributed by atoms with Gasteiger partial charge in [0.15, 0.2) is 11.5 Å². The number of nitrogens with one attached hydrogen (secondary N) is 1. The normalized spacial score (nSPS) is 10.9. The molecule has 6 nitrogen and oxygen atoms in total. The summed E-state index contributed by atoms with van der Waals surface area (Å²) in [6, 6.07) is 17.8. The van der Waals surface area contributed by atoms with Crippen LogP contribution >= 0.6 is 11.6 Å². The van der Waals surface area contributed by atoms with Gasteiger partial charge in [-0.15, -0.1) is 0 Å². The van der Waals surface area contributed by atoms with E-state index in [1.165, 1.54) is 6.26 Å². The standard InChI is InChI=1S/C22H18ClN3O3/c23-16-9-7-15(8-10-16)19(27)14-26-18-5-2-1-4-17(18)25-21(26)11-12-24-22(28)20-6-3-13-29-20/h1-10,13H,11-12,14H2,(H,24,28). The Labute approximate surface area is 172 Å². The monoisotopic (exact) mass is 407 g/mol. The van der Waals surface area contributed by atoms with E-state index in [0.717, 1.165) is 16.9 Å². The van der Waals surface area contributed by atoms with Gasteiger partial charge in [-0.3, -0.25) is 9.59 Å². The fourth-order valence-electron chi connectivity index (χ4n) is 3.15. The van der Waals surface area contributed by atoms with Gasteiger partial charge in [0, 0.05) is 23.6 Å². The largest absolute Gasteiger partial charge is 0.459 e. The number of benzene rings is 2. The van der Waals surface area contributed by atoms with Gasteiger partial charge in [-0.05, 0) is 48.5 Å². The summed E-state index contributed by atoms with van der Waals surface area (Å²) in [6.45, 7) is 0.529. The summed E-state index contributed by atoms with van der Waals surface area (Å²) in [4.78, 5) is 29.5. The smallest absolute Gasteiger partial charge is 0.286 e. The number of fused-ring (bicyclic) bond motifs is 1. The van der Waals surface area contributed by atoms with Crippen molar-refractivity contribution in [3.8, 4) is 0 Å². The number of imidazole rings is 1. The Hall–Kier alpha value is -3.38. The molecular weight excluding hydrogens is 390 g/mol. The van der Waals surface area contributed by atoms with Crippen molar-refractivity contribution in [3.05, 3.63) is 89.1 Å². The first-order chi connectivity index (χ1) is 14.1. The Morgan fingerprint density at radius 1 is 1.03 bits per heavy atom. The summed E-state index contributed by atoms with van der Waals surface area (Å²) in [5, 5.41) is 3.40. The first-order valence-corrected chi connectivity index (χ1v) is 9.54. The summed E-state index contributed by atoms with van der Waals surface area (Å²) in [5.74, 6) is 0.672. The summed E-state index contributed by atoms with van der Waals surface area (Å²) >= 11 is 5.91. The number of hydrogen-bond donors (Lipinski definition) is 1. The van der Waals surface area contributed by atoms with Crippen molar-refractivity contribution in [1.82, 2.24) is 14.9 Å². The fourth-order valence-corrected chi connectivity index (χ4v) is 3.27. The van der Waals surface area contributed by atoms with Gasteiger partial charge in [-0.25, -0.2) is 4.98 Å². The maximum Gasteiger partial charge on any atom is 0.286 e. The van der Waals surface area contributed by atoms with Gasteiger partial charge in [-0.1, -0.05) is 23.7 Å². The number of carbonyl (C=O) groups excluding carboxylic acids is 2. The number of rotatable bonds is 7. The van der Waals surface area contributed by atoms with E-state index < -0.39 is 0 Å². The zero-order valence-corrected chi connectivity index (χ0v) is 16.2. The van der Waals surface area contributed by atoms with E-state index >= 15 is 0 Å². The maximum atomic E-state index is 12.8. The minimum atomic E-state index is -0.282. The highest BCUT2D eigenvalue weighted by molar-refractivity contribution is 6.30. The molecule has 4 rings (SSSR count). The molecule has 0 unspecified atom stereocenters. The number of para-hydroxylation sites is 2. The Morgan fingerprint density at radius 3 is 2.59 bits per heavy atom. The van der Waals surface area contributed by atoms with Crippen LogP contribution in [0.2, 0.25) is 5.02 Å². The lowest BCUT2D eigenvalue weighted by Crippen LogP contribution is -2.26. The molecule has 29 heavy (non-hydrogen) atoms. The molecular formula is C22H18ClN3O3. The van der Waals surface area contributed by atoms with Crippen LogP contribution in [0, 0.1) is 0 Å². The predicted molar refractivity (Wildman–Crippen MR) is 110 cm³/mol. The molecule has 1 amide bonds. The number of carbonyl (C=O) groups is 2. The molecule has 0 aliphatic rings. The number of hydrogen-bond acceptors (Lipinski definition) is 4. The molecule has 0 spiro atoms. The topological polar surface area (TPSA) is 77.1 Å². The predicted octanol–water partition coefficient (Wildman–Crippen LogP) is 4.14. The average molecular weight is 408 g/mol.